The molecule has 3 rings (SSSR count). The van der Waals surface area contributed by atoms with Crippen molar-refractivity contribution in [3.8, 4) is 0 Å². The number of fused-ring (bicyclic) bond motifs is 3. The number of carbonyl (C=O) groups is 1. The van der Waals surface area contributed by atoms with E-state index in [-0.39, 0.29) is 0 Å². The van der Waals surface area contributed by atoms with Gasteiger partial charge in [-0.3, -0.25) is 4.79 Å². The maximum absolute atomic E-state index is 11.9. The number of hydrogen-bond acceptors (Lipinski definition) is 1. The number of benzene rings is 1. The molecular weight excluding hydrogens is 210 g/mol. The third-order valence-corrected chi connectivity index (χ3v) is 4.08. The van der Waals surface area contributed by atoms with E-state index >= 15 is 0 Å². The summed E-state index contributed by atoms with van der Waals surface area (Å²) in [5.74, 6) is 0.351. The Morgan fingerprint density at radius 3 is 3.00 bits per heavy atom. The van der Waals surface area contributed by atoms with Gasteiger partial charge in [-0.05, 0) is 43.7 Å². The van der Waals surface area contributed by atoms with E-state index in [2.05, 4.69) is 30.0 Å². The van der Waals surface area contributed by atoms with Crippen molar-refractivity contribution in [1.82, 2.24) is 4.90 Å². The Kier molecular flexibility index (Phi) is 2.65. The normalized spacial score (nSPS) is 23.9. The summed E-state index contributed by atoms with van der Waals surface area (Å²) in [4.78, 5) is 14.0. The highest BCUT2D eigenvalue weighted by Crippen LogP contribution is 2.37. The van der Waals surface area contributed by atoms with E-state index in [9.17, 15) is 4.79 Å². The third kappa shape index (κ3) is 1.86. The molecule has 1 amide bonds. The van der Waals surface area contributed by atoms with Gasteiger partial charge in [0.1, 0.15) is 0 Å². The second kappa shape index (κ2) is 4.17. The fourth-order valence-corrected chi connectivity index (χ4v) is 3.19. The molecule has 2 heteroatoms. The molecule has 0 saturated carbocycles. The minimum absolute atomic E-state index is 0.351. The van der Waals surface area contributed by atoms with Gasteiger partial charge in [0, 0.05) is 13.0 Å². The Bertz CT molecular complexity index is 452. The maximum atomic E-state index is 11.9. The lowest BCUT2D eigenvalue weighted by Crippen LogP contribution is -2.30. The Labute approximate surface area is 103 Å². The Balaban J connectivity index is 2.06. The van der Waals surface area contributed by atoms with Crippen LogP contribution in [0.4, 0.5) is 0 Å². The molecule has 0 aromatic heterocycles. The molecule has 1 aromatic rings. The van der Waals surface area contributed by atoms with Crippen LogP contribution in [0.3, 0.4) is 0 Å². The average Bonchev–Trinajstić information content (AvgIpc) is 2.64. The van der Waals surface area contributed by atoms with Crippen LogP contribution in [0.25, 0.3) is 0 Å². The van der Waals surface area contributed by atoms with Gasteiger partial charge in [-0.2, -0.15) is 0 Å². The Morgan fingerprint density at radius 2 is 2.12 bits per heavy atom. The first-order valence-electron chi connectivity index (χ1n) is 6.64. The second-order valence-electron chi connectivity index (χ2n) is 5.30. The van der Waals surface area contributed by atoms with Crippen LogP contribution >= 0.6 is 0 Å². The molecule has 2 heterocycles. The fraction of sp³-hybridized carbons (Fsp3) is 0.533. The summed E-state index contributed by atoms with van der Waals surface area (Å²) in [6, 6.07) is 7.10. The van der Waals surface area contributed by atoms with Crippen LogP contribution < -0.4 is 0 Å². The second-order valence-corrected chi connectivity index (χ2v) is 5.30. The molecule has 17 heavy (non-hydrogen) atoms. The maximum Gasteiger partial charge on any atom is 0.223 e. The third-order valence-electron chi connectivity index (χ3n) is 4.08. The molecule has 0 spiro atoms. The van der Waals surface area contributed by atoms with Gasteiger partial charge < -0.3 is 4.90 Å². The molecule has 90 valence electrons. The highest BCUT2D eigenvalue weighted by molar-refractivity contribution is 5.79. The molecule has 1 saturated heterocycles. The molecule has 2 aliphatic rings. The molecule has 1 aromatic carbocycles. The number of amides is 1. The van der Waals surface area contributed by atoms with Crippen LogP contribution in [0, 0.1) is 6.92 Å². The first kappa shape index (κ1) is 10.8. The summed E-state index contributed by atoms with van der Waals surface area (Å²) >= 11 is 0. The minimum atomic E-state index is 0.351. The van der Waals surface area contributed by atoms with Crippen LogP contribution in [-0.4, -0.2) is 17.4 Å². The summed E-state index contributed by atoms with van der Waals surface area (Å²) in [6.07, 6.45) is 5.27. The van der Waals surface area contributed by atoms with Gasteiger partial charge in [0.25, 0.3) is 0 Å². The van der Waals surface area contributed by atoms with Gasteiger partial charge in [0.15, 0.2) is 0 Å². The van der Waals surface area contributed by atoms with Crippen molar-refractivity contribution in [3.63, 3.8) is 0 Å². The first-order chi connectivity index (χ1) is 8.25. The van der Waals surface area contributed by atoms with Gasteiger partial charge in [-0.1, -0.05) is 23.8 Å². The van der Waals surface area contributed by atoms with Gasteiger partial charge in [0.05, 0.1) is 6.04 Å². The monoisotopic (exact) mass is 229 g/mol. The zero-order valence-electron chi connectivity index (χ0n) is 10.4. The smallest absolute Gasteiger partial charge is 0.223 e. The van der Waals surface area contributed by atoms with Gasteiger partial charge in [0.2, 0.25) is 5.91 Å². The summed E-state index contributed by atoms with van der Waals surface area (Å²) in [7, 11) is 0. The van der Waals surface area contributed by atoms with Crippen molar-refractivity contribution < 1.29 is 4.79 Å². The topological polar surface area (TPSA) is 20.3 Å². The summed E-state index contributed by atoms with van der Waals surface area (Å²) < 4.78 is 0. The van der Waals surface area contributed by atoms with E-state index in [1.54, 1.807) is 0 Å². The van der Waals surface area contributed by atoms with Gasteiger partial charge in [-0.25, -0.2) is 0 Å². The highest BCUT2D eigenvalue weighted by Gasteiger charge is 2.33. The van der Waals surface area contributed by atoms with Crippen LogP contribution in [0.2, 0.25) is 0 Å². The van der Waals surface area contributed by atoms with Crippen molar-refractivity contribution in [3.05, 3.63) is 34.9 Å². The molecule has 1 atom stereocenters. The van der Waals surface area contributed by atoms with E-state index in [0.29, 0.717) is 11.9 Å². The van der Waals surface area contributed by atoms with E-state index in [1.807, 2.05) is 0 Å². The minimum Gasteiger partial charge on any atom is -0.336 e. The SMILES string of the molecule is Cc1ccc2c(c1)C1CCC(=O)N1CCCC2. The number of nitrogens with zero attached hydrogens (tertiary/aromatic N) is 1. The number of aryl methyl sites for hydroxylation is 2. The van der Waals surface area contributed by atoms with Gasteiger partial charge in [-0.15, -0.1) is 0 Å². The van der Waals surface area contributed by atoms with E-state index in [4.69, 9.17) is 0 Å². The lowest BCUT2D eigenvalue weighted by molar-refractivity contribution is -0.129. The van der Waals surface area contributed by atoms with Crippen LogP contribution in [-0.2, 0) is 11.2 Å². The zero-order valence-corrected chi connectivity index (χ0v) is 10.4. The van der Waals surface area contributed by atoms with Crippen molar-refractivity contribution in [2.75, 3.05) is 6.54 Å². The van der Waals surface area contributed by atoms with Crippen molar-refractivity contribution in [2.24, 2.45) is 0 Å². The Hall–Kier alpha value is -1.31. The van der Waals surface area contributed by atoms with Gasteiger partial charge >= 0.3 is 0 Å². The summed E-state index contributed by atoms with van der Waals surface area (Å²) in [6.45, 7) is 3.09. The molecule has 0 bridgehead atoms. The van der Waals surface area contributed by atoms with E-state index in [0.717, 1.165) is 25.8 Å². The predicted molar refractivity (Wildman–Crippen MR) is 67.8 cm³/mol. The number of carbonyl (C=O) groups excluding carboxylic acids is 1. The van der Waals surface area contributed by atoms with Crippen molar-refractivity contribution in [1.29, 1.82) is 0 Å². The standard InChI is InChI=1S/C15H19NO/c1-11-5-6-12-4-2-3-9-16-14(13(12)10-11)7-8-15(16)17/h5-6,10,14H,2-4,7-9H2,1H3. The Morgan fingerprint density at radius 1 is 1.24 bits per heavy atom. The number of hydrogen-bond donors (Lipinski definition) is 0. The van der Waals surface area contributed by atoms with E-state index in [1.165, 1.54) is 29.5 Å². The van der Waals surface area contributed by atoms with Crippen LogP contribution in [0.5, 0.6) is 0 Å². The predicted octanol–water partition coefficient (Wildman–Crippen LogP) is 2.99. The van der Waals surface area contributed by atoms with E-state index < -0.39 is 0 Å². The first-order valence-corrected chi connectivity index (χ1v) is 6.64. The summed E-state index contributed by atoms with van der Waals surface area (Å²) in [5, 5.41) is 0. The number of rotatable bonds is 0. The highest BCUT2D eigenvalue weighted by atomic mass is 16.2. The van der Waals surface area contributed by atoms with Crippen molar-refractivity contribution in [2.45, 2.75) is 45.1 Å². The molecule has 2 nitrogen and oxygen atoms in total. The fourth-order valence-electron chi connectivity index (χ4n) is 3.19. The average molecular weight is 229 g/mol. The lowest BCUT2D eigenvalue weighted by atomic mass is 9.92. The molecular formula is C15H19NO. The quantitative estimate of drug-likeness (QED) is 0.669. The lowest BCUT2D eigenvalue weighted by Gasteiger charge is -2.29. The molecule has 0 radical (unpaired) electrons. The molecule has 1 fully saturated rings. The van der Waals surface area contributed by atoms with Crippen LogP contribution in [0.1, 0.15) is 48.4 Å². The summed E-state index contributed by atoms with van der Waals surface area (Å²) in [5.41, 5.74) is 4.18. The van der Waals surface area contributed by atoms with Crippen molar-refractivity contribution >= 4 is 5.91 Å². The zero-order chi connectivity index (χ0) is 11.8. The molecule has 0 aliphatic carbocycles. The molecule has 1 unspecified atom stereocenters. The largest absolute Gasteiger partial charge is 0.336 e. The molecule has 2 aliphatic heterocycles. The van der Waals surface area contributed by atoms with Crippen LogP contribution in [0.15, 0.2) is 18.2 Å². The molecule has 0 N–H and O–H groups in total.